The average Bonchev–Trinajstić information content (AvgIpc) is 3.26. The molecule has 7 heteroatoms. The van der Waals surface area contributed by atoms with E-state index in [4.69, 9.17) is 4.98 Å². The van der Waals surface area contributed by atoms with Crippen molar-refractivity contribution < 1.29 is 4.79 Å². The smallest absolute Gasteiger partial charge is 0.255 e. The molecule has 0 fully saturated rings. The number of benzene rings is 2. The molecular formula is C24H23N5OS. The van der Waals surface area contributed by atoms with Crippen LogP contribution >= 0.6 is 11.3 Å². The summed E-state index contributed by atoms with van der Waals surface area (Å²) in [7, 11) is 1.71. The fraction of sp³-hybridized carbons (Fsp3) is 0.125. The second-order valence-electron chi connectivity index (χ2n) is 7.09. The maximum atomic E-state index is 12.7. The maximum absolute atomic E-state index is 12.7. The van der Waals surface area contributed by atoms with Gasteiger partial charge in [0.05, 0.1) is 5.69 Å². The molecule has 0 saturated carbocycles. The lowest BCUT2D eigenvalue weighted by atomic mass is 10.1. The molecule has 0 aliphatic carbocycles. The van der Waals surface area contributed by atoms with Crippen molar-refractivity contribution in [2.75, 3.05) is 24.2 Å². The molecule has 31 heavy (non-hydrogen) atoms. The monoisotopic (exact) mass is 429 g/mol. The summed E-state index contributed by atoms with van der Waals surface area (Å²) < 4.78 is 0. The zero-order valence-corrected chi connectivity index (χ0v) is 18.2. The number of carbonyl (C=O) groups excluding carboxylic acids is 1. The normalized spacial score (nSPS) is 13.0. The van der Waals surface area contributed by atoms with Gasteiger partial charge in [0.2, 0.25) is 0 Å². The first-order valence-electron chi connectivity index (χ1n) is 9.88. The van der Waals surface area contributed by atoms with E-state index in [0.717, 1.165) is 39.8 Å². The predicted molar refractivity (Wildman–Crippen MR) is 130 cm³/mol. The van der Waals surface area contributed by atoms with Gasteiger partial charge in [-0.25, -0.2) is 4.98 Å². The molecule has 3 N–H and O–H groups in total. The highest BCUT2D eigenvalue weighted by Gasteiger charge is 2.11. The highest BCUT2D eigenvalue weighted by Crippen LogP contribution is 2.28. The number of allylic oxidation sites excluding steroid dienone is 2. The molecule has 2 heterocycles. The van der Waals surface area contributed by atoms with Crippen LogP contribution in [0.1, 0.15) is 27.2 Å². The molecule has 6 nitrogen and oxygen atoms in total. The lowest BCUT2D eigenvalue weighted by molar-refractivity contribution is 0.102. The molecule has 2 aromatic carbocycles. The summed E-state index contributed by atoms with van der Waals surface area (Å²) in [6, 6.07) is 13.2. The van der Waals surface area contributed by atoms with Crippen LogP contribution in [0.2, 0.25) is 0 Å². The SMILES string of the molecule is CN=Cc1cccc(C(=O)Nc2ccc(C)c(Nc3nc(C4=CC=CNC4)cs3)c2)c1. The lowest BCUT2D eigenvalue weighted by Crippen LogP contribution is -2.12. The summed E-state index contributed by atoms with van der Waals surface area (Å²) >= 11 is 1.55. The van der Waals surface area contributed by atoms with Gasteiger partial charge in [0, 0.05) is 42.1 Å². The van der Waals surface area contributed by atoms with Crippen LogP contribution < -0.4 is 16.0 Å². The van der Waals surface area contributed by atoms with Gasteiger partial charge in [-0.15, -0.1) is 11.3 Å². The minimum absolute atomic E-state index is 0.164. The first-order chi connectivity index (χ1) is 15.1. The molecule has 0 bridgehead atoms. The van der Waals surface area contributed by atoms with E-state index < -0.39 is 0 Å². The molecule has 0 radical (unpaired) electrons. The Morgan fingerprint density at radius 2 is 2.16 bits per heavy atom. The fourth-order valence-electron chi connectivity index (χ4n) is 3.18. The first-order valence-corrected chi connectivity index (χ1v) is 10.8. The lowest BCUT2D eigenvalue weighted by Gasteiger charge is -2.11. The van der Waals surface area contributed by atoms with Gasteiger partial charge in [-0.1, -0.05) is 24.3 Å². The Morgan fingerprint density at radius 1 is 1.26 bits per heavy atom. The van der Waals surface area contributed by atoms with Gasteiger partial charge in [0.15, 0.2) is 5.13 Å². The van der Waals surface area contributed by atoms with E-state index in [1.807, 2.05) is 61.0 Å². The maximum Gasteiger partial charge on any atom is 0.255 e. The van der Waals surface area contributed by atoms with Gasteiger partial charge in [-0.2, -0.15) is 0 Å². The molecule has 0 spiro atoms. The van der Waals surface area contributed by atoms with E-state index in [1.165, 1.54) is 0 Å². The molecular weight excluding hydrogens is 406 g/mol. The largest absolute Gasteiger partial charge is 0.387 e. The number of hydrogen-bond donors (Lipinski definition) is 3. The summed E-state index contributed by atoms with van der Waals surface area (Å²) in [6.45, 7) is 2.79. The van der Waals surface area contributed by atoms with E-state index in [2.05, 4.69) is 27.0 Å². The van der Waals surface area contributed by atoms with E-state index in [9.17, 15) is 4.79 Å². The summed E-state index contributed by atoms with van der Waals surface area (Å²) in [6.07, 6.45) is 7.69. The second-order valence-corrected chi connectivity index (χ2v) is 7.95. The van der Waals surface area contributed by atoms with Crippen LogP contribution in [0.25, 0.3) is 5.57 Å². The van der Waals surface area contributed by atoms with Crippen molar-refractivity contribution in [1.29, 1.82) is 0 Å². The molecule has 1 amide bonds. The Bertz CT molecular complexity index is 1190. The number of rotatable bonds is 6. The Morgan fingerprint density at radius 3 is 2.97 bits per heavy atom. The van der Waals surface area contributed by atoms with Crippen molar-refractivity contribution in [3.63, 3.8) is 0 Å². The van der Waals surface area contributed by atoms with Gasteiger partial charge in [-0.05, 0) is 60.2 Å². The van der Waals surface area contributed by atoms with Crippen molar-refractivity contribution >= 4 is 45.5 Å². The number of dihydropyridines is 1. The van der Waals surface area contributed by atoms with Crippen LogP contribution in [-0.2, 0) is 0 Å². The van der Waals surface area contributed by atoms with Gasteiger partial charge >= 0.3 is 0 Å². The number of aromatic nitrogens is 1. The molecule has 3 aromatic rings. The number of nitrogens with zero attached hydrogens (tertiary/aromatic N) is 2. The summed E-state index contributed by atoms with van der Waals surface area (Å²) in [5.41, 5.74) is 6.27. The number of amides is 1. The van der Waals surface area contributed by atoms with Crippen molar-refractivity contribution in [3.05, 3.63) is 88.6 Å². The Kier molecular flexibility index (Phi) is 6.24. The van der Waals surface area contributed by atoms with Crippen molar-refractivity contribution in [2.24, 2.45) is 4.99 Å². The molecule has 0 unspecified atom stereocenters. The van der Waals surface area contributed by atoms with Crippen molar-refractivity contribution in [2.45, 2.75) is 6.92 Å². The quantitative estimate of drug-likeness (QED) is 0.482. The molecule has 156 valence electrons. The topological polar surface area (TPSA) is 78.4 Å². The second kappa shape index (κ2) is 9.40. The van der Waals surface area contributed by atoms with Crippen LogP contribution in [-0.4, -0.2) is 30.7 Å². The highest BCUT2D eigenvalue weighted by atomic mass is 32.1. The first kappa shape index (κ1) is 20.6. The van der Waals surface area contributed by atoms with Crippen LogP contribution in [0.5, 0.6) is 0 Å². The predicted octanol–water partition coefficient (Wildman–Crippen LogP) is 5.00. The Hall–Kier alpha value is -3.71. The minimum atomic E-state index is -0.164. The van der Waals surface area contributed by atoms with Gasteiger partial charge in [0.25, 0.3) is 5.91 Å². The number of aliphatic imine (C=N–C) groups is 1. The molecule has 1 aliphatic heterocycles. The number of carbonyl (C=O) groups is 1. The van der Waals surface area contributed by atoms with Crippen LogP contribution in [0.15, 0.2) is 71.2 Å². The summed E-state index contributed by atoms with van der Waals surface area (Å²) in [5.74, 6) is -0.164. The third-order valence-electron chi connectivity index (χ3n) is 4.80. The Balaban J connectivity index is 1.49. The summed E-state index contributed by atoms with van der Waals surface area (Å²) in [4.78, 5) is 21.4. The fourth-order valence-corrected chi connectivity index (χ4v) is 3.92. The molecule has 0 atom stereocenters. The standard InChI is InChI=1S/C24H23N5OS/c1-16-8-9-20(27-23(30)18-6-3-5-17(11-18)13-25-2)12-21(16)28-24-29-22(15-31-24)19-7-4-10-26-14-19/h3-13,15,26H,14H2,1-2H3,(H,27,30)(H,28,29). The Labute approximate surface area is 185 Å². The van der Waals surface area contributed by atoms with Gasteiger partial charge in [0.1, 0.15) is 0 Å². The number of thiazole rings is 1. The molecule has 1 aliphatic rings. The molecule has 4 rings (SSSR count). The van der Waals surface area contributed by atoms with E-state index in [1.54, 1.807) is 30.7 Å². The number of nitrogens with one attached hydrogen (secondary N) is 3. The van der Waals surface area contributed by atoms with Gasteiger partial charge < -0.3 is 16.0 Å². The number of anilines is 3. The van der Waals surface area contributed by atoms with Crippen LogP contribution in [0, 0.1) is 6.92 Å². The zero-order chi connectivity index (χ0) is 21.6. The van der Waals surface area contributed by atoms with Crippen LogP contribution in [0.3, 0.4) is 0 Å². The van der Waals surface area contributed by atoms with Gasteiger partial charge in [-0.3, -0.25) is 9.79 Å². The van der Waals surface area contributed by atoms with Crippen LogP contribution in [0.4, 0.5) is 16.5 Å². The van der Waals surface area contributed by atoms with Crippen molar-refractivity contribution in [1.82, 2.24) is 10.3 Å². The third-order valence-corrected chi connectivity index (χ3v) is 5.56. The molecule has 0 saturated heterocycles. The van der Waals surface area contributed by atoms with E-state index in [0.29, 0.717) is 11.3 Å². The average molecular weight is 430 g/mol. The number of aryl methyl sites for hydroxylation is 1. The minimum Gasteiger partial charge on any atom is -0.387 e. The number of hydrogen-bond acceptors (Lipinski definition) is 6. The van der Waals surface area contributed by atoms with E-state index >= 15 is 0 Å². The highest BCUT2D eigenvalue weighted by molar-refractivity contribution is 7.13. The zero-order valence-electron chi connectivity index (χ0n) is 17.3. The van der Waals surface area contributed by atoms with E-state index in [-0.39, 0.29) is 5.91 Å². The third kappa shape index (κ3) is 5.07. The molecule has 1 aromatic heterocycles. The van der Waals surface area contributed by atoms with Crippen molar-refractivity contribution in [3.8, 4) is 0 Å². The summed E-state index contributed by atoms with van der Waals surface area (Å²) in [5, 5.41) is 12.4.